The number of phenols is 8. The smallest absolute Gasteiger partial charge is 0.128 e. The first-order chi connectivity index (χ1) is 17.1. The van der Waals surface area contributed by atoms with Crippen LogP contribution in [0.1, 0.15) is 22.3 Å². The highest BCUT2D eigenvalue weighted by atomic mass is 16.3. The number of aromatic hydroxyl groups is 8. The van der Waals surface area contributed by atoms with E-state index in [1.54, 1.807) is 0 Å². The van der Waals surface area contributed by atoms with E-state index in [4.69, 9.17) is 0 Å². The molecule has 10 heteroatoms. The van der Waals surface area contributed by atoms with Gasteiger partial charge in [-0.3, -0.25) is 0 Å². The lowest BCUT2D eigenvalue weighted by molar-refractivity contribution is 0.447. The number of nitrogens with zero attached hydrogens (tertiary/aromatic N) is 2. The zero-order chi connectivity index (χ0) is 26.0. The summed E-state index contributed by atoms with van der Waals surface area (Å²) in [6.07, 6.45) is 0. The Hall–Kier alpha value is -5.38. The van der Waals surface area contributed by atoms with Gasteiger partial charge in [0.2, 0.25) is 0 Å². The summed E-state index contributed by atoms with van der Waals surface area (Å²) < 4.78 is 0. The average Bonchev–Trinajstić information content (AvgIpc) is 2.79. The number of rotatable bonds is 5. The van der Waals surface area contributed by atoms with Gasteiger partial charge in [-0.15, -0.1) is 10.2 Å². The van der Waals surface area contributed by atoms with Crippen LogP contribution in [-0.4, -0.2) is 52.3 Å². The molecule has 0 bridgehead atoms. The van der Waals surface area contributed by atoms with Gasteiger partial charge in [-0.1, -0.05) is 0 Å². The summed E-state index contributed by atoms with van der Waals surface area (Å²) in [5.41, 5.74) is 0.0602. The predicted octanol–water partition coefficient (Wildman–Crippen LogP) is 3.62. The summed E-state index contributed by atoms with van der Waals surface area (Å²) in [6, 6.07) is 14.7. The highest BCUT2D eigenvalue weighted by Crippen LogP contribution is 2.33. The second kappa shape index (κ2) is 9.47. The fourth-order valence-corrected chi connectivity index (χ4v) is 3.49. The molecular formula is C26H20N2O8. The van der Waals surface area contributed by atoms with Crippen LogP contribution in [0.2, 0.25) is 0 Å². The first kappa shape index (κ1) is 23.8. The average molecular weight is 488 g/mol. The lowest BCUT2D eigenvalue weighted by Gasteiger charge is -2.13. The molecule has 10 nitrogen and oxygen atoms in total. The lowest BCUT2D eigenvalue weighted by atomic mass is 9.99. The number of hydrogen-bond acceptors (Lipinski definition) is 10. The van der Waals surface area contributed by atoms with Crippen LogP contribution in [0.15, 0.2) is 83.0 Å². The molecule has 8 N–H and O–H groups in total. The summed E-state index contributed by atoms with van der Waals surface area (Å²) in [4.78, 5) is 0. The second-order valence-electron chi connectivity index (χ2n) is 7.70. The minimum atomic E-state index is -0.391. The Labute approximate surface area is 203 Å². The molecule has 0 atom stereocenters. The monoisotopic (exact) mass is 488 g/mol. The van der Waals surface area contributed by atoms with Crippen molar-refractivity contribution in [2.75, 3.05) is 0 Å². The summed E-state index contributed by atoms with van der Waals surface area (Å²) in [6.45, 7) is 0. The maximum Gasteiger partial charge on any atom is 0.128 e. The largest absolute Gasteiger partial charge is 0.508 e. The van der Waals surface area contributed by atoms with E-state index >= 15 is 0 Å². The van der Waals surface area contributed by atoms with Crippen molar-refractivity contribution in [3.8, 4) is 46.0 Å². The van der Waals surface area contributed by atoms with Crippen molar-refractivity contribution < 1.29 is 40.9 Å². The van der Waals surface area contributed by atoms with Crippen molar-refractivity contribution in [3.05, 3.63) is 95.1 Å². The van der Waals surface area contributed by atoms with Crippen molar-refractivity contribution in [1.29, 1.82) is 0 Å². The first-order valence-corrected chi connectivity index (χ1v) is 10.4. The van der Waals surface area contributed by atoms with Crippen molar-refractivity contribution in [1.82, 2.24) is 0 Å². The third kappa shape index (κ3) is 4.77. The van der Waals surface area contributed by atoms with Crippen molar-refractivity contribution in [2.45, 2.75) is 0 Å². The van der Waals surface area contributed by atoms with Crippen LogP contribution in [0.5, 0.6) is 46.0 Å². The fraction of sp³-hybridized carbons (Fsp3) is 0. The van der Waals surface area contributed by atoms with Gasteiger partial charge in [0.25, 0.3) is 0 Å². The quantitative estimate of drug-likeness (QED) is 0.154. The lowest BCUT2D eigenvalue weighted by Crippen LogP contribution is -2.07. The van der Waals surface area contributed by atoms with E-state index in [1.165, 1.54) is 48.5 Å². The van der Waals surface area contributed by atoms with E-state index in [1.807, 2.05) is 0 Å². The summed E-state index contributed by atoms with van der Waals surface area (Å²) in [7, 11) is 0. The first-order valence-electron chi connectivity index (χ1n) is 10.4. The third-order valence-electron chi connectivity index (χ3n) is 5.20. The number of benzene rings is 4. The Morgan fingerprint density at radius 3 is 0.778 bits per heavy atom. The molecule has 4 rings (SSSR count). The number of hydrogen-bond donors (Lipinski definition) is 8. The minimum Gasteiger partial charge on any atom is -0.508 e. The second-order valence-corrected chi connectivity index (χ2v) is 7.70. The van der Waals surface area contributed by atoms with E-state index in [9.17, 15) is 40.9 Å². The molecular weight excluding hydrogens is 468 g/mol. The van der Waals surface area contributed by atoms with Gasteiger partial charge >= 0.3 is 0 Å². The Morgan fingerprint density at radius 2 is 0.583 bits per heavy atom. The molecule has 0 aliphatic heterocycles. The molecule has 0 aliphatic rings. The molecule has 0 heterocycles. The maximum atomic E-state index is 10.5. The summed E-state index contributed by atoms with van der Waals surface area (Å²) in [5.74, 6) is -2.46. The van der Waals surface area contributed by atoms with Crippen LogP contribution < -0.4 is 0 Å². The molecule has 182 valence electrons. The topological polar surface area (TPSA) is 187 Å². The van der Waals surface area contributed by atoms with Crippen LogP contribution in [0, 0.1) is 0 Å². The van der Waals surface area contributed by atoms with E-state index in [0.717, 1.165) is 24.3 Å². The van der Waals surface area contributed by atoms with Gasteiger partial charge in [0.15, 0.2) is 0 Å². The van der Waals surface area contributed by atoms with E-state index in [2.05, 4.69) is 10.2 Å². The normalized spacial score (nSPS) is 10.6. The predicted molar refractivity (Wildman–Crippen MR) is 130 cm³/mol. The van der Waals surface area contributed by atoms with E-state index < -0.39 is 23.0 Å². The Bertz CT molecular complexity index is 1310. The molecule has 0 radical (unpaired) electrons. The molecule has 0 amide bonds. The standard InChI is InChI=1S/C26H20N2O8/c29-13-1-5-17(21(33)9-13)25(18-6-2-14(30)10-22(18)34)27-28-26(19-7-3-15(31)11-23(19)35)20-8-4-16(32)12-24(20)36/h1-12,29-36H. The van der Waals surface area contributed by atoms with Crippen LogP contribution in [0.3, 0.4) is 0 Å². The fourth-order valence-electron chi connectivity index (χ4n) is 3.49. The molecule has 0 aromatic heterocycles. The van der Waals surface area contributed by atoms with Gasteiger partial charge in [0, 0.05) is 46.5 Å². The van der Waals surface area contributed by atoms with Gasteiger partial charge in [-0.2, -0.15) is 0 Å². The van der Waals surface area contributed by atoms with Gasteiger partial charge in [0.1, 0.15) is 57.4 Å². The Morgan fingerprint density at radius 1 is 0.361 bits per heavy atom. The summed E-state index contributed by atoms with van der Waals surface area (Å²) in [5, 5.41) is 89.0. The summed E-state index contributed by atoms with van der Waals surface area (Å²) >= 11 is 0. The van der Waals surface area contributed by atoms with Crippen molar-refractivity contribution >= 4 is 11.4 Å². The minimum absolute atomic E-state index is 0.0572. The maximum absolute atomic E-state index is 10.5. The Balaban J connectivity index is 2.01. The highest BCUT2D eigenvalue weighted by molar-refractivity contribution is 6.18. The third-order valence-corrected chi connectivity index (χ3v) is 5.20. The molecule has 0 aliphatic carbocycles. The Kier molecular flexibility index (Phi) is 6.25. The van der Waals surface area contributed by atoms with Gasteiger partial charge < -0.3 is 40.9 Å². The van der Waals surface area contributed by atoms with Gasteiger partial charge in [0.05, 0.1) is 0 Å². The van der Waals surface area contributed by atoms with Crippen LogP contribution in [0.4, 0.5) is 0 Å². The van der Waals surface area contributed by atoms with Crippen molar-refractivity contribution in [2.24, 2.45) is 10.2 Å². The number of phenolic OH excluding ortho intramolecular Hbond substituents is 8. The van der Waals surface area contributed by atoms with Crippen LogP contribution in [0.25, 0.3) is 0 Å². The molecule has 0 spiro atoms. The van der Waals surface area contributed by atoms with Gasteiger partial charge in [-0.25, -0.2) is 0 Å². The van der Waals surface area contributed by atoms with E-state index in [-0.39, 0.29) is 56.7 Å². The zero-order valence-corrected chi connectivity index (χ0v) is 18.4. The molecule has 0 saturated carbocycles. The SMILES string of the molecule is Oc1ccc(C(=NN=C(c2ccc(O)cc2O)c2ccc(O)cc2O)c2ccc(O)cc2O)c(O)c1. The van der Waals surface area contributed by atoms with Crippen LogP contribution in [-0.2, 0) is 0 Å². The zero-order valence-electron chi connectivity index (χ0n) is 18.4. The molecule has 4 aromatic rings. The molecule has 36 heavy (non-hydrogen) atoms. The van der Waals surface area contributed by atoms with Crippen LogP contribution >= 0.6 is 0 Å². The highest BCUT2D eigenvalue weighted by Gasteiger charge is 2.20. The molecule has 0 unspecified atom stereocenters. The van der Waals surface area contributed by atoms with E-state index in [0.29, 0.717) is 0 Å². The van der Waals surface area contributed by atoms with Gasteiger partial charge in [-0.05, 0) is 48.5 Å². The molecule has 4 aromatic carbocycles. The molecule has 0 saturated heterocycles. The molecule has 0 fully saturated rings. The van der Waals surface area contributed by atoms with Crippen molar-refractivity contribution in [3.63, 3.8) is 0 Å².